The molecule has 0 saturated carbocycles. The molecular weight excluding hydrogens is 348 g/mol. The van der Waals surface area contributed by atoms with Crippen LogP contribution in [-0.4, -0.2) is 10.1 Å². The molecule has 0 aliphatic carbocycles. The van der Waals surface area contributed by atoms with Gasteiger partial charge in [0.25, 0.3) is 0 Å². The number of benzene rings is 1. The van der Waals surface area contributed by atoms with E-state index in [1.807, 2.05) is 23.6 Å². The number of nitriles is 3. The number of rotatable bonds is 3. The minimum atomic E-state index is 0.746. The second-order valence-corrected chi connectivity index (χ2v) is 6.42. The van der Waals surface area contributed by atoms with E-state index >= 15 is 0 Å². The molecule has 20 heavy (non-hydrogen) atoms. The van der Waals surface area contributed by atoms with Crippen LogP contribution < -0.4 is 0 Å². The van der Waals surface area contributed by atoms with Crippen LogP contribution in [0.1, 0.15) is 0 Å². The number of thiocyanates is 3. The SMILES string of the molecule is N#CS.N#CS.N#CSCSc1nc2ccccc2s1. The first-order valence-corrected chi connectivity index (χ1v) is 8.47. The van der Waals surface area contributed by atoms with Crippen LogP contribution in [0.5, 0.6) is 0 Å². The van der Waals surface area contributed by atoms with Gasteiger partial charge in [-0.2, -0.15) is 15.8 Å². The van der Waals surface area contributed by atoms with Crippen molar-refractivity contribution in [2.75, 3.05) is 5.08 Å². The number of para-hydroxylation sites is 1. The summed E-state index contributed by atoms with van der Waals surface area (Å²) in [7, 11) is 0. The van der Waals surface area contributed by atoms with Crippen molar-refractivity contribution < 1.29 is 0 Å². The second kappa shape index (κ2) is 13.0. The summed E-state index contributed by atoms with van der Waals surface area (Å²) >= 11 is 10.7. The van der Waals surface area contributed by atoms with E-state index in [1.165, 1.54) is 27.3 Å². The molecule has 0 spiro atoms. The summed E-state index contributed by atoms with van der Waals surface area (Å²) < 4.78 is 2.24. The number of hydrogen-bond donors (Lipinski definition) is 2. The van der Waals surface area contributed by atoms with Crippen molar-refractivity contribution in [2.24, 2.45) is 0 Å². The highest BCUT2D eigenvalue weighted by molar-refractivity contribution is 8.18. The number of hydrogen-bond acceptors (Lipinski definition) is 9. The molecule has 0 unspecified atom stereocenters. The van der Waals surface area contributed by atoms with Crippen LogP contribution in [0.2, 0.25) is 0 Å². The van der Waals surface area contributed by atoms with Crippen molar-refractivity contribution in [3.8, 4) is 16.2 Å². The predicted octanol–water partition coefficient (Wildman–Crippen LogP) is 4.35. The summed E-state index contributed by atoms with van der Waals surface area (Å²) in [6, 6.07) is 8.07. The molecule has 0 saturated heterocycles. The molecule has 2 rings (SSSR count). The van der Waals surface area contributed by atoms with Gasteiger partial charge in [-0.15, -0.1) is 11.3 Å². The Balaban J connectivity index is 0.000000520. The number of nitrogens with zero attached hydrogens (tertiary/aromatic N) is 4. The molecule has 0 aliphatic heterocycles. The Morgan fingerprint density at radius 1 is 1.15 bits per heavy atom. The lowest BCUT2D eigenvalue weighted by molar-refractivity contribution is 1.31. The van der Waals surface area contributed by atoms with E-state index < -0.39 is 0 Å². The first-order chi connectivity index (χ1) is 9.73. The number of fused-ring (bicyclic) bond motifs is 1. The molecule has 1 aromatic carbocycles. The number of thiazole rings is 1. The lowest BCUT2D eigenvalue weighted by atomic mass is 10.3. The molecule has 0 fully saturated rings. The number of thioether (sulfide) groups is 2. The zero-order chi connectivity index (χ0) is 15.2. The van der Waals surface area contributed by atoms with Gasteiger partial charge in [0.2, 0.25) is 0 Å². The fourth-order valence-electron chi connectivity index (χ4n) is 1.02. The molecule has 1 heterocycles. The lowest BCUT2D eigenvalue weighted by Crippen LogP contribution is -1.69. The van der Waals surface area contributed by atoms with E-state index in [9.17, 15) is 0 Å². The van der Waals surface area contributed by atoms with E-state index in [2.05, 4.69) is 36.3 Å². The van der Waals surface area contributed by atoms with Crippen molar-refractivity contribution in [2.45, 2.75) is 4.34 Å². The molecule has 0 amide bonds. The van der Waals surface area contributed by atoms with Gasteiger partial charge in [-0.1, -0.05) is 49.2 Å². The molecule has 2 aromatic rings. The van der Waals surface area contributed by atoms with Crippen molar-refractivity contribution in [1.82, 2.24) is 4.98 Å². The standard InChI is InChI=1S/C9H6N2S3.2CHNS/c10-5-12-6-13-9-11-7-3-1-2-4-8(7)14-9;2*2-1-3/h1-4H,6H2;2*3H. The quantitative estimate of drug-likeness (QED) is 0.279. The molecule has 9 heteroatoms. The maximum Gasteiger partial charge on any atom is 0.151 e. The summed E-state index contributed by atoms with van der Waals surface area (Å²) in [6.07, 6.45) is 0. The third kappa shape index (κ3) is 8.21. The summed E-state index contributed by atoms with van der Waals surface area (Å²) in [5.74, 6) is 0. The van der Waals surface area contributed by atoms with Gasteiger partial charge in [-0.05, 0) is 23.9 Å². The predicted molar refractivity (Wildman–Crippen MR) is 92.7 cm³/mol. The molecule has 0 atom stereocenters. The molecular formula is C11H8N4S5. The van der Waals surface area contributed by atoms with Gasteiger partial charge in [0, 0.05) is 0 Å². The first-order valence-electron chi connectivity index (χ1n) is 4.79. The molecule has 1 aromatic heterocycles. The third-order valence-corrected chi connectivity index (χ3v) is 4.42. The van der Waals surface area contributed by atoms with Gasteiger partial charge in [-0.25, -0.2) is 4.98 Å². The average molecular weight is 357 g/mol. The topological polar surface area (TPSA) is 84.3 Å². The highest BCUT2D eigenvalue weighted by Gasteiger charge is 2.02. The maximum absolute atomic E-state index is 8.37. The van der Waals surface area contributed by atoms with Crippen LogP contribution >= 0.6 is 60.1 Å². The van der Waals surface area contributed by atoms with Gasteiger partial charge in [0.1, 0.15) is 16.2 Å². The highest BCUT2D eigenvalue weighted by atomic mass is 32.2. The summed E-state index contributed by atoms with van der Waals surface area (Å²) in [4.78, 5) is 4.44. The average Bonchev–Trinajstić information content (AvgIpc) is 2.83. The Morgan fingerprint density at radius 2 is 1.75 bits per heavy atom. The van der Waals surface area contributed by atoms with Crippen molar-refractivity contribution in [3.05, 3.63) is 24.3 Å². The molecule has 102 valence electrons. The van der Waals surface area contributed by atoms with Crippen LogP contribution in [0.3, 0.4) is 0 Å². The van der Waals surface area contributed by atoms with Gasteiger partial charge in [0.05, 0.1) is 15.3 Å². The second-order valence-electron chi connectivity index (χ2n) is 2.65. The van der Waals surface area contributed by atoms with Crippen LogP contribution in [0.4, 0.5) is 0 Å². The highest BCUT2D eigenvalue weighted by Crippen LogP contribution is 2.30. The Kier molecular flexibility index (Phi) is 12.3. The van der Waals surface area contributed by atoms with Crippen LogP contribution in [0, 0.1) is 32.0 Å². The molecule has 4 nitrogen and oxygen atoms in total. The number of thiol groups is 2. The normalized spacial score (nSPS) is 7.95. The van der Waals surface area contributed by atoms with E-state index in [4.69, 9.17) is 15.8 Å². The molecule has 0 aliphatic rings. The van der Waals surface area contributed by atoms with E-state index in [0.29, 0.717) is 0 Å². The first kappa shape index (κ1) is 19.0. The summed E-state index contributed by atoms with van der Waals surface area (Å²) in [5.41, 5.74) is 1.04. The minimum absolute atomic E-state index is 0.746. The monoisotopic (exact) mass is 356 g/mol. The van der Waals surface area contributed by atoms with Gasteiger partial charge in [-0.3, -0.25) is 0 Å². The zero-order valence-corrected chi connectivity index (χ0v) is 14.2. The Bertz CT molecular complexity index is 590. The minimum Gasteiger partial charge on any atom is -0.230 e. The molecule has 0 bridgehead atoms. The maximum atomic E-state index is 8.37. The van der Waals surface area contributed by atoms with E-state index in [-0.39, 0.29) is 0 Å². The Morgan fingerprint density at radius 3 is 2.30 bits per heavy atom. The Hall–Kier alpha value is -1.02. The van der Waals surface area contributed by atoms with Crippen LogP contribution in [-0.2, 0) is 0 Å². The summed E-state index contributed by atoms with van der Waals surface area (Å²) in [5, 5.41) is 28.4. The summed E-state index contributed by atoms with van der Waals surface area (Å²) in [6.45, 7) is 0. The van der Waals surface area contributed by atoms with Gasteiger partial charge < -0.3 is 0 Å². The van der Waals surface area contributed by atoms with Crippen LogP contribution in [0.15, 0.2) is 28.6 Å². The third-order valence-electron chi connectivity index (χ3n) is 1.58. The van der Waals surface area contributed by atoms with E-state index in [0.717, 1.165) is 14.9 Å². The molecule has 0 radical (unpaired) electrons. The molecule has 0 N–H and O–H groups in total. The van der Waals surface area contributed by atoms with Crippen molar-refractivity contribution in [1.29, 1.82) is 15.8 Å². The largest absolute Gasteiger partial charge is 0.230 e. The zero-order valence-electron chi connectivity index (χ0n) is 9.92. The van der Waals surface area contributed by atoms with Crippen molar-refractivity contribution >= 4 is 70.3 Å². The van der Waals surface area contributed by atoms with E-state index in [1.54, 1.807) is 23.1 Å². The Labute approximate surface area is 140 Å². The fourth-order valence-corrected chi connectivity index (χ4v) is 3.67. The van der Waals surface area contributed by atoms with Crippen LogP contribution in [0.25, 0.3) is 10.2 Å². The number of aromatic nitrogens is 1. The van der Waals surface area contributed by atoms with Gasteiger partial charge in [0.15, 0.2) is 4.34 Å². The van der Waals surface area contributed by atoms with Crippen molar-refractivity contribution in [3.63, 3.8) is 0 Å². The smallest absolute Gasteiger partial charge is 0.151 e. The van der Waals surface area contributed by atoms with Gasteiger partial charge >= 0.3 is 0 Å². The fraction of sp³-hybridized carbons (Fsp3) is 0.0909. The lowest BCUT2D eigenvalue weighted by Gasteiger charge is -1.87.